The lowest BCUT2D eigenvalue weighted by molar-refractivity contribution is 0.224. The van der Waals surface area contributed by atoms with Crippen molar-refractivity contribution in [1.82, 2.24) is 9.66 Å². The highest BCUT2D eigenvalue weighted by Crippen LogP contribution is 2.43. The Morgan fingerprint density at radius 2 is 1.73 bits per heavy atom. The third-order valence-electron chi connectivity index (χ3n) is 6.39. The maximum Gasteiger partial charge on any atom is 0.282 e. The summed E-state index contributed by atoms with van der Waals surface area (Å²) in [7, 11) is 0. The molecule has 216 valence electrons. The van der Waals surface area contributed by atoms with Gasteiger partial charge in [0.15, 0.2) is 17.3 Å². The Labute approximate surface area is 254 Å². The van der Waals surface area contributed by atoms with Crippen LogP contribution in [0.2, 0.25) is 5.02 Å². The molecule has 0 aliphatic carbocycles. The molecule has 4 aromatic rings. The Bertz CT molecular complexity index is 1660. The molecule has 3 aromatic carbocycles. The van der Waals surface area contributed by atoms with Crippen LogP contribution in [0.5, 0.6) is 17.2 Å². The van der Waals surface area contributed by atoms with Gasteiger partial charge in [0.05, 0.1) is 36.4 Å². The number of para-hydroxylation sites is 1. The molecule has 41 heavy (non-hydrogen) atoms. The molecule has 0 N–H and O–H groups in total. The summed E-state index contributed by atoms with van der Waals surface area (Å²) in [4.78, 5) is 18.8. The van der Waals surface area contributed by atoms with Crippen LogP contribution in [0.4, 0.5) is 0 Å². The Hall–Kier alpha value is -3.36. The summed E-state index contributed by atoms with van der Waals surface area (Å²) in [5.74, 6) is 2.39. The van der Waals surface area contributed by atoms with Crippen molar-refractivity contribution in [1.29, 1.82) is 0 Å². The van der Waals surface area contributed by atoms with Crippen LogP contribution in [-0.2, 0) is 0 Å². The van der Waals surface area contributed by atoms with Crippen molar-refractivity contribution in [2.24, 2.45) is 5.10 Å². The molecule has 0 fully saturated rings. The number of hydrogen-bond donors (Lipinski definition) is 0. The normalized spacial score (nSPS) is 11.7. The Kier molecular flexibility index (Phi) is 9.76. The van der Waals surface area contributed by atoms with E-state index < -0.39 is 0 Å². The summed E-state index contributed by atoms with van der Waals surface area (Å²) >= 11 is 10.3. The quantitative estimate of drug-likeness (QED) is 0.163. The summed E-state index contributed by atoms with van der Waals surface area (Å²) in [5, 5.41) is 5.50. The number of fused-ring (bicyclic) bond motifs is 1. The maximum atomic E-state index is 13.8. The van der Waals surface area contributed by atoms with Crippen molar-refractivity contribution < 1.29 is 14.2 Å². The van der Waals surface area contributed by atoms with Crippen molar-refractivity contribution in [3.05, 3.63) is 79.0 Å². The lowest BCUT2D eigenvalue weighted by atomic mass is 9.96. The van der Waals surface area contributed by atoms with E-state index in [0.717, 1.165) is 22.4 Å². The molecule has 0 unspecified atom stereocenters. The van der Waals surface area contributed by atoms with E-state index in [9.17, 15) is 4.79 Å². The van der Waals surface area contributed by atoms with Gasteiger partial charge in [0.1, 0.15) is 10.8 Å². The number of ether oxygens (including phenoxy) is 3. The first-order chi connectivity index (χ1) is 19.6. The standard InChI is InChI=1S/C32H35BrClN3O4/c1-8-39-26-14-20(7)24(16-23(26)18(3)4)31-36-25-13-11-10-12-22(25)32(38)37(31)35-17-21-15-27(40-9-2)30(41-19(5)6)29(34)28(21)33/h10-19H,8-9H2,1-7H3. The van der Waals surface area contributed by atoms with Gasteiger partial charge in [0.25, 0.3) is 5.56 Å². The molecule has 0 aliphatic heterocycles. The fourth-order valence-corrected chi connectivity index (χ4v) is 5.15. The number of aryl methyl sites for hydroxylation is 1. The van der Waals surface area contributed by atoms with E-state index in [1.165, 1.54) is 4.68 Å². The Morgan fingerprint density at radius 3 is 2.39 bits per heavy atom. The van der Waals surface area contributed by atoms with E-state index in [2.05, 4.69) is 34.9 Å². The molecule has 0 saturated carbocycles. The van der Waals surface area contributed by atoms with Gasteiger partial charge in [-0.25, -0.2) is 4.98 Å². The molecule has 0 atom stereocenters. The fraction of sp³-hybridized carbons (Fsp3) is 0.344. The lowest BCUT2D eigenvalue weighted by Gasteiger charge is -2.19. The third kappa shape index (κ3) is 6.44. The van der Waals surface area contributed by atoms with Gasteiger partial charge in [0.2, 0.25) is 0 Å². The Morgan fingerprint density at radius 1 is 1.05 bits per heavy atom. The molecular formula is C32H35BrClN3O4. The molecule has 1 aromatic heterocycles. The largest absolute Gasteiger partial charge is 0.494 e. The number of hydrogen-bond acceptors (Lipinski definition) is 6. The van der Waals surface area contributed by atoms with E-state index in [1.54, 1.807) is 18.3 Å². The molecule has 0 spiro atoms. The van der Waals surface area contributed by atoms with Crippen LogP contribution in [0, 0.1) is 6.92 Å². The van der Waals surface area contributed by atoms with Gasteiger partial charge in [-0.1, -0.05) is 37.6 Å². The zero-order valence-electron chi connectivity index (χ0n) is 24.4. The molecule has 4 rings (SSSR count). The van der Waals surface area contributed by atoms with Gasteiger partial charge in [-0.15, -0.1) is 0 Å². The Balaban J connectivity index is 1.96. The molecule has 0 amide bonds. The fourth-order valence-electron chi connectivity index (χ4n) is 4.50. The number of halogens is 2. The average molecular weight is 641 g/mol. The first-order valence-electron chi connectivity index (χ1n) is 13.7. The number of rotatable bonds is 10. The zero-order valence-corrected chi connectivity index (χ0v) is 26.8. The monoisotopic (exact) mass is 639 g/mol. The highest BCUT2D eigenvalue weighted by Gasteiger charge is 2.21. The van der Waals surface area contributed by atoms with Crippen LogP contribution in [0.1, 0.15) is 64.2 Å². The van der Waals surface area contributed by atoms with Crippen LogP contribution in [0.15, 0.2) is 56.8 Å². The highest BCUT2D eigenvalue weighted by atomic mass is 79.9. The predicted molar refractivity (Wildman–Crippen MR) is 171 cm³/mol. The van der Waals surface area contributed by atoms with Crippen LogP contribution >= 0.6 is 27.5 Å². The molecule has 0 radical (unpaired) electrons. The van der Waals surface area contributed by atoms with Gasteiger partial charge in [0, 0.05) is 15.6 Å². The van der Waals surface area contributed by atoms with Gasteiger partial charge in [-0.05, 0) is 97.9 Å². The summed E-state index contributed by atoms with van der Waals surface area (Å²) in [5.41, 5.74) is 3.67. The molecule has 9 heteroatoms. The van der Waals surface area contributed by atoms with Gasteiger partial charge in [-0.3, -0.25) is 4.79 Å². The molecule has 0 aliphatic rings. The van der Waals surface area contributed by atoms with Crippen LogP contribution in [0.25, 0.3) is 22.3 Å². The van der Waals surface area contributed by atoms with Crippen molar-refractivity contribution in [3.8, 4) is 28.6 Å². The summed E-state index contributed by atoms with van der Waals surface area (Å²) in [6.07, 6.45) is 1.47. The minimum atomic E-state index is -0.284. The first-order valence-corrected chi connectivity index (χ1v) is 14.9. The maximum absolute atomic E-state index is 13.8. The topological polar surface area (TPSA) is 74.9 Å². The van der Waals surface area contributed by atoms with Gasteiger partial charge < -0.3 is 14.2 Å². The van der Waals surface area contributed by atoms with E-state index in [-0.39, 0.29) is 17.6 Å². The number of nitrogens with zero attached hydrogens (tertiary/aromatic N) is 3. The predicted octanol–water partition coefficient (Wildman–Crippen LogP) is 8.38. The first kappa shape index (κ1) is 30.6. The molecule has 0 bridgehead atoms. The van der Waals surface area contributed by atoms with Crippen molar-refractivity contribution >= 4 is 44.6 Å². The number of benzene rings is 3. The zero-order chi connectivity index (χ0) is 29.8. The van der Waals surface area contributed by atoms with Gasteiger partial charge >= 0.3 is 0 Å². The SMILES string of the molecule is CCOc1cc(C)c(-c2nc3ccccc3c(=O)n2N=Cc2cc(OCC)c(OC(C)C)c(Cl)c2Br)cc1C(C)C. The average Bonchev–Trinajstić information content (AvgIpc) is 2.93. The van der Waals surface area contributed by atoms with Crippen LogP contribution in [0.3, 0.4) is 0 Å². The van der Waals surface area contributed by atoms with E-state index >= 15 is 0 Å². The van der Waals surface area contributed by atoms with Crippen molar-refractivity contribution in [3.63, 3.8) is 0 Å². The molecule has 1 heterocycles. The summed E-state index contributed by atoms with van der Waals surface area (Å²) in [6.45, 7) is 14.9. The second-order valence-electron chi connectivity index (χ2n) is 10.1. The van der Waals surface area contributed by atoms with Gasteiger partial charge in [-0.2, -0.15) is 9.78 Å². The van der Waals surface area contributed by atoms with E-state index in [0.29, 0.717) is 56.5 Å². The minimum Gasteiger partial charge on any atom is -0.494 e. The van der Waals surface area contributed by atoms with Crippen LogP contribution in [-0.4, -0.2) is 35.2 Å². The molecule has 0 saturated heterocycles. The highest BCUT2D eigenvalue weighted by molar-refractivity contribution is 9.10. The lowest BCUT2D eigenvalue weighted by Crippen LogP contribution is -2.21. The van der Waals surface area contributed by atoms with Crippen LogP contribution < -0.4 is 19.8 Å². The van der Waals surface area contributed by atoms with Crippen molar-refractivity contribution in [2.75, 3.05) is 13.2 Å². The van der Waals surface area contributed by atoms with E-state index in [4.69, 9.17) is 30.8 Å². The summed E-state index contributed by atoms with van der Waals surface area (Å²) in [6, 6.07) is 13.1. The number of aromatic nitrogens is 2. The third-order valence-corrected chi connectivity index (χ3v) is 7.84. The summed E-state index contributed by atoms with van der Waals surface area (Å²) < 4.78 is 19.6. The minimum absolute atomic E-state index is 0.101. The molecule has 7 nitrogen and oxygen atoms in total. The smallest absolute Gasteiger partial charge is 0.282 e. The molecular weight excluding hydrogens is 606 g/mol. The van der Waals surface area contributed by atoms with E-state index in [1.807, 2.05) is 65.0 Å². The second kappa shape index (κ2) is 13.1. The second-order valence-corrected chi connectivity index (χ2v) is 11.3. The van der Waals surface area contributed by atoms with Crippen molar-refractivity contribution in [2.45, 2.75) is 60.5 Å².